The summed E-state index contributed by atoms with van der Waals surface area (Å²) >= 11 is 1.23. The number of hydrogen-bond acceptors (Lipinski definition) is 4. The number of rotatable bonds is 4. The van der Waals surface area contributed by atoms with Crippen LogP contribution in [0.3, 0.4) is 0 Å². The van der Waals surface area contributed by atoms with Crippen LogP contribution in [0.1, 0.15) is 20.3 Å². The first-order valence-corrected chi connectivity index (χ1v) is 6.30. The molecule has 1 aliphatic heterocycles. The van der Waals surface area contributed by atoms with E-state index in [0.29, 0.717) is 6.42 Å². The van der Waals surface area contributed by atoms with Gasteiger partial charge >= 0.3 is 5.97 Å². The van der Waals surface area contributed by atoms with Gasteiger partial charge in [0.25, 0.3) is 0 Å². The van der Waals surface area contributed by atoms with E-state index in [0.717, 1.165) is 4.90 Å². The van der Waals surface area contributed by atoms with Gasteiger partial charge < -0.3 is 5.11 Å². The van der Waals surface area contributed by atoms with Crippen LogP contribution in [0.15, 0.2) is 0 Å². The molecule has 1 heterocycles. The maximum Gasteiger partial charge on any atom is 0.327 e. The molecule has 1 fully saturated rings. The molecule has 2 unspecified atom stereocenters. The standard InChI is InChI=1S/C10H15NO4S/c1-3-6(2)9(10(14)15)11-7(12)4-16-5-8(11)13/h6,9H,3-5H2,1-2H3,(H,14,15). The molecule has 0 radical (unpaired) electrons. The Morgan fingerprint density at radius 2 is 1.94 bits per heavy atom. The first-order valence-electron chi connectivity index (χ1n) is 5.14. The van der Waals surface area contributed by atoms with Crippen LogP contribution in [0, 0.1) is 5.92 Å². The zero-order chi connectivity index (χ0) is 12.3. The third kappa shape index (κ3) is 2.55. The third-order valence-electron chi connectivity index (χ3n) is 2.70. The van der Waals surface area contributed by atoms with Gasteiger partial charge in [-0.1, -0.05) is 20.3 Å². The molecule has 0 aromatic carbocycles. The van der Waals surface area contributed by atoms with Crippen LogP contribution in [0.2, 0.25) is 0 Å². The number of carbonyl (C=O) groups is 3. The van der Waals surface area contributed by atoms with Gasteiger partial charge in [-0.15, -0.1) is 11.8 Å². The lowest BCUT2D eigenvalue weighted by molar-refractivity contribution is -0.158. The highest BCUT2D eigenvalue weighted by Crippen LogP contribution is 2.21. The fourth-order valence-electron chi connectivity index (χ4n) is 1.65. The van der Waals surface area contributed by atoms with E-state index in [2.05, 4.69) is 0 Å². The summed E-state index contributed by atoms with van der Waals surface area (Å²) in [6, 6.07) is -1.02. The van der Waals surface area contributed by atoms with Gasteiger partial charge in [0.15, 0.2) is 0 Å². The molecular weight excluding hydrogens is 230 g/mol. The van der Waals surface area contributed by atoms with E-state index in [-0.39, 0.29) is 17.4 Å². The number of carboxylic acids is 1. The van der Waals surface area contributed by atoms with Crippen molar-refractivity contribution < 1.29 is 19.5 Å². The molecule has 1 saturated heterocycles. The Hall–Kier alpha value is -1.04. The molecule has 0 spiro atoms. The van der Waals surface area contributed by atoms with Gasteiger partial charge in [0.2, 0.25) is 11.8 Å². The van der Waals surface area contributed by atoms with Crippen molar-refractivity contribution in [1.29, 1.82) is 0 Å². The Morgan fingerprint density at radius 3 is 2.31 bits per heavy atom. The van der Waals surface area contributed by atoms with Crippen LogP contribution in [0.5, 0.6) is 0 Å². The summed E-state index contributed by atoms with van der Waals surface area (Å²) in [5.74, 6) is -1.75. The predicted octanol–water partition coefficient (Wildman–Crippen LogP) is 0.588. The Balaban J connectivity index is 2.95. The van der Waals surface area contributed by atoms with E-state index in [1.807, 2.05) is 6.92 Å². The smallest absolute Gasteiger partial charge is 0.327 e. The minimum absolute atomic E-state index is 0.186. The quantitative estimate of drug-likeness (QED) is 0.734. The van der Waals surface area contributed by atoms with E-state index < -0.39 is 23.8 Å². The second-order valence-corrected chi connectivity index (χ2v) is 4.80. The van der Waals surface area contributed by atoms with Crippen molar-refractivity contribution in [1.82, 2.24) is 4.90 Å². The highest BCUT2D eigenvalue weighted by molar-refractivity contribution is 8.00. The summed E-state index contributed by atoms with van der Waals surface area (Å²) < 4.78 is 0. The molecule has 0 aliphatic carbocycles. The number of imide groups is 1. The van der Waals surface area contributed by atoms with Gasteiger partial charge in [0, 0.05) is 0 Å². The van der Waals surface area contributed by atoms with Crippen molar-refractivity contribution in [3.05, 3.63) is 0 Å². The number of hydrogen-bond donors (Lipinski definition) is 1. The van der Waals surface area contributed by atoms with Crippen LogP contribution in [0.4, 0.5) is 0 Å². The average Bonchev–Trinajstić information content (AvgIpc) is 2.22. The first kappa shape index (κ1) is 13.0. The maximum absolute atomic E-state index is 11.6. The summed E-state index contributed by atoms with van der Waals surface area (Å²) in [5.41, 5.74) is 0. The highest BCUT2D eigenvalue weighted by Gasteiger charge is 2.39. The number of carboxylic acid groups (broad SMARTS) is 1. The first-order chi connectivity index (χ1) is 7.49. The fourth-order valence-corrected chi connectivity index (χ4v) is 2.38. The molecule has 6 heteroatoms. The summed E-state index contributed by atoms with van der Waals surface area (Å²) in [6.45, 7) is 3.58. The minimum atomic E-state index is -1.11. The molecule has 1 N–H and O–H groups in total. The number of aliphatic carboxylic acids is 1. The van der Waals surface area contributed by atoms with E-state index in [1.165, 1.54) is 11.8 Å². The number of amides is 2. The van der Waals surface area contributed by atoms with Crippen molar-refractivity contribution in [2.75, 3.05) is 11.5 Å². The molecular formula is C10H15NO4S. The van der Waals surface area contributed by atoms with Crippen LogP contribution in [-0.2, 0) is 14.4 Å². The predicted molar refractivity (Wildman–Crippen MR) is 60.1 cm³/mol. The third-order valence-corrected chi connectivity index (χ3v) is 3.60. The zero-order valence-corrected chi connectivity index (χ0v) is 10.1. The van der Waals surface area contributed by atoms with Gasteiger partial charge in [0.1, 0.15) is 6.04 Å². The Labute approximate surface area is 98.2 Å². The van der Waals surface area contributed by atoms with Crippen molar-refractivity contribution in [3.63, 3.8) is 0 Å². The largest absolute Gasteiger partial charge is 0.480 e. The van der Waals surface area contributed by atoms with Crippen LogP contribution >= 0.6 is 11.8 Å². The van der Waals surface area contributed by atoms with Crippen molar-refractivity contribution in [2.24, 2.45) is 5.92 Å². The molecule has 0 aromatic heterocycles. The van der Waals surface area contributed by atoms with Gasteiger partial charge in [-0.25, -0.2) is 4.79 Å². The fraction of sp³-hybridized carbons (Fsp3) is 0.700. The van der Waals surface area contributed by atoms with E-state index >= 15 is 0 Å². The Bertz CT molecular complexity index is 302. The minimum Gasteiger partial charge on any atom is -0.480 e. The molecule has 2 amide bonds. The Morgan fingerprint density at radius 1 is 1.44 bits per heavy atom. The topological polar surface area (TPSA) is 74.7 Å². The normalized spacial score (nSPS) is 20.8. The number of thioether (sulfide) groups is 1. The summed E-state index contributed by atoms with van der Waals surface area (Å²) in [5, 5.41) is 9.11. The van der Waals surface area contributed by atoms with E-state index in [4.69, 9.17) is 5.11 Å². The van der Waals surface area contributed by atoms with Crippen LogP contribution in [0.25, 0.3) is 0 Å². The monoisotopic (exact) mass is 245 g/mol. The molecule has 16 heavy (non-hydrogen) atoms. The van der Waals surface area contributed by atoms with E-state index in [9.17, 15) is 14.4 Å². The van der Waals surface area contributed by atoms with Gasteiger partial charge in [-0.2, -0.15) is 0 Å². The van der Waals surface area contributed by atoms with Gasteiger partial charge in [-0.05, 0) is 5.92 Å². The second-order valence-electron chi connectivity index (χ2n) is 3.82. The van der Waals surface area contributed by atoms with Crippen molar-refractivity contribution in [3.8, 4) is 0 Å². The van der Waals surface area contributed by atoms with Crippen molar-refractivity contribution in [2.45, 2.75) is 26.3 Å². The van der Waals surface area contributed by atoms with E-state index in [1.54, 1.807) is 6.92 Å². The number of nitrogens with zero attached hydrogens (tertiary/aromatic N) is 1. The molecule has 0 bridgehead atoms. The molecule has 0 aromatic rings. The SMILES string of the molecule is CCC(C)C(C(=O)O)N1C(=O)CSCC1=O. The molecule has 5 nitrogen and oxygen atoms in total. The summed E-state index contributed by atoms with van der Waals surface area (Å²) in [7, 11) is 0. The van der Waals surface area contributed by atoms with Crippen LogP contribution < -0.4 is 0 Å². The molecule has 1 aliphatic rings. The highest BCUT2D eigenvalue weighted by atomic mass is 32.2. The second kappa shape index (κ2) is 5.34. The lowest BCUT2D eigenvalue weighted by Crippen LogP contribution is -2.54. The zero-order valence-electron chi connectivity index (χ0n) is 9.30. The Kier molecular flexibility index (Phi) is 4.35. The molecule has 1 rings (SSSR count). The summed E-state index contributed by atoms with van der Waals surface area (Å²) in [4.78, 5) is 35.2. The summed E-state index contributed by atoms with van der Waals surface area (Å²) in [6.07, 6.45) is 0.612. The van der Waals surface area contributed by atoms with Gasteiger partial charge in [-0.3, -0.25) is 14.5 Å². The molecule has 90 valence electrons. The van der Waals surface area contributed by atoms with Crippen molar-refractivity contribution >= 4 is 29.5 Å². The molecule has 0 saturated carbocycles. The number of carbonyl (C=O) groups excluding carboxylic acids is 2. The molecule has 2 atom stereocenters. The van der Waals surface area contributed by atoms with Gasteiger partial charge in [0.05, 0.1) is 11.5 Å². The average molecular weight is 245 g/mol. The maximum atomic E-state index is 11.6. The lowest BCUT2D eigenvalue weighted by atomic mass is 9.97. The lowest BCUT2D eigenvalue weighted by Gasteiger charge is -2.33. The van der Waals surface area contributed by atoms with Crippen LogP contribution in [-0.4, -0.2) is 45.3 Å².